The first kappa shape index (κ1) is 13.8. The van der Waals surface area contributed by atoms with Gasteiger partial charge in [-0.2, -0.15) is 0 Å². The second-order valence-corrected chi connectivity index (χ2v) is 5.51. The second kappa shape index (κ2) is 5.14. The van der Waals surface area contributed by atoms with Gasteiger partial charge in [-0.15, -0.1) is 0 Å². The van der Waals surface area contributed by atoms with E-state index in [4.69, 9.17) is 21.7 Å². The molecule has 0 atom stereocenters. The lowest BCUT2D eigenvalue weighted by atomic mass is 10.3. The van der Waals surface area contributed by atoms with Gasteiger partial charge in [0.25, 0.3) is 5.91 Å². The van der Waals surface area contributed by atoms with E-state index in [2.05, 4.69) is 4.98 Å². The van der Waals surface area contributed by atoms with Gasteiger partial charge in [0, 0.05) is 6.92 Å². The SMILES string of the molecule is Cc1nc(/C=C2\SC(=S)N(CC(=O)O)C2=O)c(C)o1. The molecule has 8 heteroatoms. The van der Waals surface area contributed by atoms with E-state index in [1.807, 2.05) is 0 Å². The van der Waals surface area contributed by atoms with E-state index in [-0.39, 0.29) is 4.32 Å². The minimum Gasteiger partial charge on any atom is -0.480 e. The summed E-state index contributed by atoms with van der Waals surface area (Å²) >= 11 is 6.05. The number of carbonyl (C=O) groups excluding carboxylic acids is 1. The molecule has 1 saturated heterocycles. The number of oxazole rings is 1. The third-order valence-electron chi connectivity index (χ3n) is 2.37. The molecule has 1 aliphatic heterocycles. The highest BCUT2D eigenvalue weighted by atomic mass is 32.2. The van der Waals surface area contributed by atoms with Crippen molar-refractivity contribution < 1.29 is 19.1 Å². The largest absolute Gasteiger partial charge is 0.480 e. The van der Waals surface area contributed by atoms with Crippen LogP contribution in [0.3, 0.4) is 0 Å². The summed E-state index contributed by atoms with van der Waals surface area (Å²) in [5.41, 5.74) is 0.549. The number of thioether (sulfide) groups is 1. The fourth-order valence-electron chi connectivity index (χ4n) is 1.57. The van der Waals surface area contributed by atoms with Crippen LogP contribution in [0.5, 0.6) is 0 Å². The Balaban J connectivity index is 2.28. The van der Waals surface area contributed by atoms with Gasteiger partial charge in [0.2, 0.25) is 0 Å². The fourth-order valence-corrected chi connectivity index (χ4v) is 2.81. The van der Waals surface area contributed by atoms with Gasteiger partial charge in [0.05, 0.1) is 4.91 Å². The highest BCUT2D eigenvalue weighted by Gasteiger charge is 2.33. The number of amides is 1. The zero-order chi connectivity index (χ0) is 14.2. The van der Waals surface area contributed by atoms with E-state index in [0.717, 1.165) is 16.7 Å². The average molecular weight is 298 g/mol. The number of hydrogen-bond acceptors (Lipinski definition) is 6. The van der Waals surface area contributed by atoms with Crippen molar-refractivity contribution in [3.63, 3.8) is 0 Å². The number of nitrogens with zero attached hydrogens (tertiary/aromatic N) is 2. The molecule has 0 aliphatic carbocycles. The molecule has 0 aromatic carbocycles. The summed E-state index contributed by atoms with van der Waals surface area (Å²) < 4.78 is 5.49. The molecule has 0 unspecified atom stereocenters. The predicted molar refractivity (Wildman–Crippen MR) is 73.5 cm³/mol. The highest BCUT2D eigenvalue weighted by Crippen LogP contribution is 2.32. The standard InChI is InChI=1S/C11H10N2O4S2/c1-5-7(12-6(2)17-5)3-8-10(16)13(4-9(14)15)11(18)19-8/h3H,4H2,1-2H3,(H,14,15)/b8-3-. The Bertz CT molecular complexity index is 606. The van der Waals surface area contributed by atoms with Crippen LogP contribution in [-0.4, -0.2) is 37.7 Å². The van der Waals surface area contributed by atoms with Gasteiger partial charge in [0.15, 0.2) is 5.89 Å². The number of carboxylic acid groups (broad SMARTS) is 1. The number of aliphatic carboxylic acids is 1. The van der Waals surface area contributed by atoms with Crippen LogP contribution >= 0.6 is 24.0 Å². The zero-order valence-corrected chi connectivity index (χ0v) is 11.8. The Morgan fingerprint density at radius 3 is 2.79 bits per heavy atom. The summed E-state index contributed by atoms with van der Waals surface area (Å²) in [6, 6.07) is 0. The Hall–Kier alpha value is -1.67. The molecule has 1 N–H and O–H groups in total. The van der Waals surface area contributed by atoms with Crippen LogP contribution in [0.25, 0.3) is 6.08 Å². The number of aromatic nitrogens is 1. The van der Waals surface area contributed by atoms with Crippen molar-refractivity contribution in [2.24, 2.45) is 0 Å². The van der Waals surface area contributed by atoms with Crippen LogP contribution in [0.2, 0.25) is 0 Å². The molecule has 19 heavy (non-hydrogen) atoms. The zero-order valence-electron chi connectivity index (χ0n) is 10.2. The number of thiocarbonyl (C=S) groups is 1. The predicted octanol–water partition coefficient (Wildman–Crippen LogP) is 1.58. The van der Waals surface area contributed by atoms with Gasteiger partial charge >= 0.3 is 5.97 Å². The molecule has 1 aromatic heterocycles. The van der Waals surface area contributed by atoms with Crippen LogP contribution < -0.4 is 0 Å². The molecule has 100 valence electrons. The van der Waals surface area contributed by atoms with Crippen molar-refractivity contribution >= 4 is 46.3 Å². The molecule has 0 saturated carbocycles. The Morgan fingerprint density at radius 2 is 2.26 bits per heavy atom. The molecule has 1 aromatic rings. The molecular weight excluding hydrogens is 288 g/mol. The van der Waals surface area contributed by atoms with Gasteiger partial charge in [-0.1, -0.05) is 24.0 Å². The van der Waals surface area contributed by atoms with Gasteiger partial charge < -0.3 is 9.52 Å². The summed E-state index contributed by atoms with van der Waals surface area (Å²) in [6.45, 7) is 3.02. The van der Waals surface area contributed by atoms with Gasteiger partial charge in [-0.3, -0.25) is 14.5 Å². The number of aryl methyl sites for hydroxylation is 2. The molecule has 6 nitrogen and oxygen atoms in total. The lowest BCUT2D eigenvalue weighted by Gasteiger charge is -2.09. The second-order valence-electron chi connectivity index (χ2n) is 3.84. The van der Waals surface area contributed by atoms with E-state index in [1.165, 1.54) is 0 Å². The first-order chi connectivity index (χ1) is 8.88. The Morgan fingerprint density at radius 1 is 1.58 bits per heavy atom. The van der Waals surface area contributed by atoms with E-state index in [0.29, 0.717) is 22.3 Å². The van der Waals surface area contributed by atoms with Crippen LogP contribution in [-0.2, 0) is 9.59 Å². The van der Waals surface area contributed by atoms with Crippen LogP contribution in [0.4, 0.5) is 0 Å². The molecular formula is C11H10N2O4S2. The fraction of sp³-hybridized carbons (Fsp3) is 0.273. The van der Waals surface area contributed by atoms with Crippen molar-refractivity contribution in [3.05, 3.63) is 22.3 Å². The normalized spacial score (nSPS) is 17.6. The third kappa shape index (κ3) is 2.85. The lowest BCUT2D eigenvalue weighted by Crippen LogP contribution is -2.33. The summed E-state index contributed by atoms with van der Waals surface area (Å²) in [5, 5.41) is 8.72. The van der Waals surface area contributed by atoms with Crippen LogP contribution in [0.15, 0.2) is 9.32 Å². The maximum atomic E-state index is 12.0. The summed E-state index contributed by atoms with van der Waals surface area (Å²) in [7, 11) is 0. The van der Waals surface area contributed by atoms with E-state index >= 15 is 0 Å². The molecule has 2 rings (SSSR count). The maximum Gasteiger partial charge on any atom is 0.323 e. The molecule has 0 spiro atoms. The first-order valence-corrected chi connectivity index (χ1v) is 6.52. The highest BCUT2D eigenvalue weighted by molar-refractivity contribution is 8.26. The van der Waals surface area contributed by atoms with Gasteiger partial charge in [0.1, 0.15) is 22.3 Å². The molecule has 1 aliphatic rings. The van der Waals surface area contributed by atoms with Crippen LogP contribution in [0.1, 0.15) is 17.3 Å². The van der Waals surface area contributed by atoms with Crippen LogP contribution in [0, 0.1) is 13.8 Å². The minimum absolute atomic E-state index is 0.233. The molecule has 1 fully saturated rings. The van der Waals surface area contributed by atoms with Gasteiger partial charge in [-0.05, 0) is 13.0 Å². The number of hydrogen-bond donors (Lipinski definition) is 1. The quantitative estimate of drug-likeness (QED) is 0.670. The Kier molecular flexibility index (Phi) is 3.72. The van der Waals surface area contributed by atoms with E-state index in [9.17, 15) is 9.59 Å². The summed E-state index contributed by atoms with van der Waals surface area (Å²) in [4.78, 5) is 28.2. The topological polar surface area (TPSA) is 83.6 Å². The molecule has 0 bridgehead atoms. The lowest BCUT2D eigenvalue weighted by molar-refractivity contribution is -0.140. The smallest absolute Gasteiger partial charge is 0.323 e. The monoisotopic (exact) mass is 298 g/mol. The molecule has 2 heterocycles. The van der Waals surface area contributed by atoms with Crippen molar-refractivity contribution in [2.75, 3.05) is 6.54 Å². The number of carbonyl (C=O) groups is 2. The van der Waals surface area contributed by atoms with Crippen molar-refractivity contribution in [2.45, 2.75) is 13.8 Å². The van der Waals surface area contributed by atoms with Crippen molar-refractivity contribution in [3.8, 4) is 0 Å². The minimum atomic E-state index is -1.11. The first-order valence-electron chi connectivity index (χ1n) is 5.29. The average Bonchev–Trinajstić information content (AvgIpc) is 2.74. The Labute approximate surface area is 118 Å². The van der Waals surface area contributed by atoms with E-state index < -0.39 is 18.4 Å². The summed E-state index contributed by atoms with van der Waals surface area (Å²) in [5.74, 6) is -0.422. The molecule has 0 radical (unpaired) electrons. The number of carboxylic acids is 1. The summed E-state index contributed by atoms with van der Waals surface area (Å²) in [6.07, 6.45) is 1.56. The van der Waals surface area contributed by atoms with Gasteiger partial charge in [-0.25, -0.2) is 4.98 Å². The molecule has 1 amide bonds. The third-order valence-corrected chi connectivity index (χ3v) is 3.75. The van der Waals surface area contributed by atoms with Crippen molar-refractivity contribution in [1.29, 1.82) is 0 Å². The van der Waals surface area contributed by atoms with Crippen molar-refractivity contribution in [1.82, 2.24) is 9.88 Å². The number of rotatable bonds is 3. The van der Waals surface area contributed by atoms with E-state index in [1.54, 1.807) is 19.9 Å². The maximum absolute atomic E-state index is 12.0.